The molecular weight excluding hydrogens is 450 g/mol. The van der Waals surface area contributed by atoms with Crippen LogP contribution in [0.2, 0.25) is 0 Å². The molecule has 0 heterocycles. The summed E-state index contributed by atoms with van der Waals surface area (Å²) in [6.07, 6.45) is 1.56. The number of aryl methyl sites for hydroxylation is 1. The molecule has 3 rings (SSSR count). The van der Waals surface area contributed by atoms with Crippen LogP contribution < -0.4 is 20.2 Å². The lowest BCUT2D eigenvalue weighted by molar-refractivity contribution is -0.119. The summed E-state index contributed by atoms with van der Waals surface area (Å²) in [5, 5.41) is 6.75. The van der Waals surface area contributed by atoms with E-state index in [2.05, 4.69) is 40.1 Å². The Morgan fingerprint density at radius 1 is 0.912 bits per heavy atom. The largest absolute Gasteiger partial charge is 0.497 e. The van der Waals surface area contributed by atoms with Crippen LogP contribution in [0.25, 0.3) is 0 Å². The third-order valence-corrected chi connectivity index (χ3v) is 5.65. The van der Waals surface area contributed by atoms with Gasteiger partial charge < -0.3 is 14.8 Å². The summed E-state index contributed by atoms with van der Waals surface area (Å²) >= 11 is 1.54. The van der Waals surface area contributed by atoms with Crippen LogP contribution in [0.1, 0.15) is 16.7 Å². The molecule has 0 aliphatic carbocycles. The first kappa shape index (κ1) is 24.9. The van der Waals surface area contributed by atoms with Crippen molar-refractivity contribution in [1.29, 1.82) is 0 Å². The Morgan fingerprint density at radius 3 is 2.26 bits per heavy atom. The number of benzene rings is 3. The minimum atomic E-state index is -0.265. The highest BCUT2D eigenvalue weighted by Gasteiger charge is 2.05. The predicted octanol–water partition coefficient (Wildman–Crippen LogP) is 4.40. The van der Waals surface area contributed by atoms with Gasteiger partial charge in [0.25, 0.3) is 5.91 Å². The topological polar surface area (TPSA) is 89.0 Å². The lowest BCUT2D eigenvalue weighted by Crippen LogP contribution is -2.20. The monoisotopic (exact) mass is 477 g/mol. The summed E-state index contributed by atoms with van der Waals surface area (Å²) in [7, 11) is 1.59. The number of hydrogen-bond acceptors (Lipinski definition) is 6. The van der Waals surface area contributed by atoms with Gasteiger partial charge in [0.15, 0.2) is 6.61 Å². The van der Waals surface area contributed by atoms with Crippen LogP contribution in [0, 0.1) is 6.92 Å². The van der Waals surface area contributed by atoms with E-state index in [1.807, 2.05) is 6.92 Å². The quantitative estimate of drug-likeness (QED) is 0.316. The third kappa shape index (κ3) is 8.63. The molecular formula is C26H27N3O4S. The number of carbonyl (C=O) groups excluding carboxylic acids is 2. The molecule has 0 aliphatic rings. The average Bonchev–Trinajstić information content (AvgIpc) is 2.85. The number of amides is 2. The van der Waals surface area contributed by atoms with Crippen molar-refractivity contribution in [3.63, 3.8) is 0 Å². The van der Waals surface area contributed by atoms with Crippen molar-refractivity contribution >= 4 is 35.5 Å². The van der Waals surface area contributed by atoms with Crippen LogP contribution in [0.3, 0.4) is 0 Å². The second-order valence-corrected chi connectivity index (χ2v) is 8.39. The van der Waals surface area contributed by atoms with E-state index in [4.69, 9.17) is 9.47 Å². The zero-order valence-corrected chi connectivity index (χ0v) is 19.9. The van der Waals surface area contributed by atoms with Crippen molar-refractivity contribution in [2.24, 2.45) is 5.10 Å². The summed E-state index contributed by atoms with van der Waals surface area (Å²) in [5.41, 5.74) is 6.39. The molecule has 2 amide bonds. The molecule has 34 heavy (non-hydrogen) atoms. The van der Waals surface area contributed by atoms with Crippen molar-refractivity contribution < 1.29 is 19.1 Å². The van der Waals surface area contributed by atoms with E-state index < -0.39 is 0 Å². The van der Waals surface area contributed by atoms with E-state index in [1.165, 1.54) is 22.9 Å². The number of methoxy groups -OCH3 is 1. The molecule has 7 nitrogen and oxygen atoms in total. The first-order valence-electron chi connectivity index (χ1n) is 10.6. The van der Waals surface area contributed by atoms with Gasteiger partial charge in [-0.05, 0) is 66.6 Å². The number of nitrogens with one attached hydrogen (secondary N) is 2. The Labute approximate surface area is 203 Å². The maximum atomic E-state index is 12.1. The molecule has 0 fully saturated rings. The molecule has 2 N–H and O–H groups in total. The normalized spacial score (nSPS) is 10.6. The number of nitrogens with zero attached hydrogens (tertiary/aromatic N) is 1. The second kappa shape index (κ2) is 13.1. The van der Waals surface area contributed by atoms with Gasteiger partial charge in [0.2, 0.25) is 5.91 Å². The van der Waals surface area contributed by atoms with Crippen LogP contribution in [0.5, 0.6) is 11.5 Å². The molecule has 0 saturated carbocycles. The molecule has 0 radical (unpaired) electrons. The average molecular weight is 478 g/mol. The standard InChI is InChI=1S/C26H27N3O4S/c1-19-3-5-21(6-4-19)17-34-18-26(31)29-27-15-20-7-11-24(12-8-20)33-16-25(30)28-22-9-13-23(32-2)14-10-22/h3-15H,16-18H2,1-2H3,(H,28,30)(H,29,31)/b27-15-. The van der Waals surface area contributed by atoms with E-state index in [9.17, 15) is 9.59 Å². The third-order valence-electron chi connectivity index (χ3n) is 4.65. The summed E-state index contributed by atoms with van der Waals surface area (Å²) in [6.45, 7) is 1.93. The van der Waals surface area contributed by atoms with E-state index in [0.717, 1.165) is 17.1 Å². The highest BCUT2D eigenvalue weighted by atomic mass is 32.2. The van der Waals surface area contributed by atoms with Gasteiger partial charge in [-0.1, -0.05) is 29.8 Å². The molecule has 0 unspecified atom stereocenters. The summed E-state index contributed by atoms with van der Waals surface area (Å²) < 4.78 is 10.6. The number of thioether (sulfide) groups is 1. The zero-order valence-electron chi connectivity index (χ0n) is 19.1. The molecule has 3 aromatic carbocycles. The maximum Gasteiger partial charge on any atom is 0.262 e. The Morgan fingerprint density at radius 2 is 1.59 bits per heavy atom. The highest BCUT2D eigenvalue weighted by Crippen LogP contribution is 2.16. The number of anilines is 1. The predicted molar refractivity (Wildman–Crippen MR) is 137 cm³/mol. The van der Waals surface area contributed by atoms with E-state index in [1.54, 1.807) is 61.9 Å². The molecule has 0 saturated heterocycles. The number of hydrazone groups is 1. The van der Waals surface area contributed by atoms with Crippen LogP contribution >= 0.6 is 11.8 Å². The van der Waals surface area contributed by atoms with E-state index >= 15 is 0 Å². The van der Waals surface area contributed by atoms with Crippen molar-refractivity contribution in [3.05, 3.63) is 89.5 Å². The van der Waals surface area contributed by atoms with Gasteiger partial charge in [0.05, 0.1) is 19.1 Å². The van der Waals surface area contributed by atoms with Gasteiger partial charge in [-0.3, -0.25) is 9.59 Å². The number of carbonyl (C=O) groups is 2. The van der Waals surface area contributed by atoms with Crippen LogP contribution in [-0.2, 0) is 15.3 Å². The number of ether oxygens (including phenoxy) is 2. The fourth-order valence-corrected chi connectivity index (χ4v) is 3.61. The Bertz CT molecular complexity index is 1100. The Balaban J connectivity index is 1.35. The molecule has 3 aromatic rings. The van der Waals surface area contributed by atoms with Crippen LogP contribution in [0.15, 0.2) is 77.9 Å². The lowest BCUT2D eigenvalue weighted by Gasteiger charge is -2.08. The van der Waals surface area contributed by atoms with Crippen LogP contribution in [0.4, 0.5) is 5.69 Å². The van der Waals surface area contributed by atoms with Crippen molar-refractivity contribution in [1.82, 2.24) is 5.43 Å². The van der Waals surface area contributed by atoms with Gasteiger partial charge in [0, 0.05) is 11.4 Å². The summed E-state index contributed by atoms with van der Waals surface area (Å²) in [5.74, 6) is 1.95. The first-order chi connectivity index (χ1) is 16.5. The van der Waals surface area contributed by atoms with E-state index in [-0.39, 0.29) is 18.4 Å². The molecule has 0 atom stereocenters. The minimum Gasteiger partial charge on any atom is -0.497 e. The number of hydrogen-bond donors (Lipinski definition) is 2. The fourth-order valence-electron chi connectivity index (χ4n) is 2.83. The first-order valence-corrected chi connectivity index (χ1v) is 11.8. The zero-order chi connectivity index (χ0) is 24.2. The van der Waals surface area contributed by atoms with Crippen molar-refractivity contribution in [2.75, 3.05) is 24.8 Å². The van der Waals surface area contributed by atoms with Crippen molar-refractivity contribution in [3.8, 4) is 11.5 Å². The Kier molecular flexibility index (Phi) is 9.54. The van der Waals surface area contributed by atoms with Gasteiger partial charge in [-0.15, -0.1) is 11.8 Å². The molecule has 0 aliphatic heterocycles. The highest BCUT2D eigenvalue weighted by molar-refractivity contribution is 7.99. The summed E-state index contributed by atoms with van der Waals surface area (Å²) in [4.78, 5) is 24.0. The van der Waals surface area contributed by atoms with Crippen molar-refractivity contribution in [2.45, 2.75) is 12.7 Å². The van der Waals surface area contributed by atoms with E-state index in [0.29, 0.717) is 17.2 Å². The smallest absolute Gasteiger partial charge is 0.262 e. The lowest BCUT2D eigenvalue weighted by atomic mass is 10.2. The van der Waals surface area contributed by atoms with Gasteiger partial charge >= 0.3 is 0 Å². The molecule has 0 spiro atoms. The molecule has 176 valence electrons. The SMILES string of the molecule is COc1ccc(NC(=O)COc2ccc(/C=N\NC(=O)CSCc3ccc(C)cc3)cc2)cc1. The van der Waals surface area contributed by atoms with Gasteiger partial charge in [0.1, 0.15) is 11.5 Å². The molecule has 8 heteroatoms. The van der Waals surface area contributed by atoms with Gasteiger partial charge in [-0.25, -0.2) is 5.43 Å². The second-order valence-electron chi connectivity index (χ2n) is 7.41. The van der Waals surface area contributed by atoms with Gasteiger partial charge in [-0.2, -0.15) is 5.10 Å². The number of rotatable bonds is 11. The van der Waals surface area contributed by atoms with Crippen LogP contribution in [-0.4, -0.2) is 37.5 Å². The maximum absolute atomic E-state index is 12.1. The molecule has 0 aromatic heterocycles. The minimum absolute atomic E-state index is 0.115. The fraction of sp³-hybridized carbons (Fsp3) is 0.192. The Hall–Kier alpha value is -3.78. The summed E-state index contributed by atoms with van der Waals surface area (Å²) in [6, 6.07) is 22.4. The molecule has 0 bridgehead atoms.